The Morgan fingerprint density at radius 3 is 2.31 bits per heavy atom. The van der Waals surface area contributed by atoms with Crippen molar-refractivity contribution >= 4 is 21.6 Å². The van der Waals surface area contributed by atoms with Gasteiger partial charge in [0.15, 0.2) is 11.6 Å². The van der Waals surface area contributed by atoms with E-state index in [9.17, 15) is 22.0 Å². The van der Waals surface area contributed by atoms with Gasteiger partial charge in [0.2, 0.25) is 0 Å². The van der Waals surface area contributed by atoms with Crippen molar-refractivity contribution in [2.24, 2.45) is 0 Å². The first kappa shape index (κ1) is 24.8. The second-order valence-corrected chi connectivity index (χ2v) is 10.4. The summed E-state index contributed by atoms with van der Waals surface area (Å²) in [4.78, 5) is 14.9. The van der Waals surface area contributed by atoms with Crippen LogP contribution in [-0.4, -0.2) is 38.4 Å². The van der Waals surface area contributed by atoms with E-state index in [-0.39, 0.29) is 16.8 Å². The van der Waals surface area contributed by atoms with Gasteiger partial charge in [-0.2, -0.15) is 0 Å². The number of aryl methyl sites for hydroxylation is 1. The lowest BCUT2D eigenvalue weighted by Gasteiger charge is -2.32. The van der Waals surface area contributed by atoms with Gasteiger partial charge in [0.25, 0.3) is 15.9 Å². The molecule has 9 heteroatoms. The number of hydrogen-bond donors (Lipinski definition) is 2. The first-order valence-electron chi connectivity index (χ1n) is 11.4. The fourth-order valence-corrected chi connectivity index (χ4v) is 5.21. The van der Waals surface area contributed by atoms with Gasteiger partial charge >= 0.3 is 0 Å². The van der Waals surface area contributed by atoms with Crippen molar-refractivity contribution < 1.29 is 22.0 Å². The van der Waals surface area contributed by atoms with Gasteiger partial charge < -0.3 is 5.32 Å². The molecule has 0 spiro atoms. The SMILES string of the molecule is Cc1ccccc1NS(=O)(=O)c1ccc(C(=O)NC2CCN(Cc3ccc(F)c(F)c3)CC2)cc1. The molecule has 35 heavy (non-hydrogen) atoms. The highest BCUT2D eigenvalue weighted by Gasteiger charge is 2.22. The minimum absolute atomic E-state index is 0.0187. The molecule has 184 valence electrons. The number of sulfonamides is 1. The molecule has 1 fully saturated rings. The largest absolute Gasteiger partial charge is 0.349 e. The molecule has 1 aliphatic rings. The summed E-state index contributed by atoms with van der Waals surface area (Å²) in [6.45, 7) is 3.76. The average molecular weight is 500 g/mol. The van der Waals surface area contributed by atoms with Gasteiger partial charge in [0, 0.05) is 31.2 Å². The van der Waals surface area contributed by atoms with Gasteiger partial charge in [-0.15, -0.1) is 0 Å². The second-order valence-electron chi connectivity index (χ2n) is 8.72. The minimum Gasteiger partial charge on any atom is -0.349 e. The zero-order chi connectivity index (χ0) is 25.0. The van der Waals surface area contributed by atoms with E-state index in [4.69, 9.17) is 0 Å². The number of nitrogens with one attached hydrogen (secondary N) is 2. The van der Waals surface area contributed by atoms with Gasteiger partial charge in [-0.3, -0.25) is 14.4 Å². The van der Waals surface area contributed by atoms with E-state index in [2.05, 4.69) is 14.9 Å². The Labute approximate surface area is 204 Å². The average Bonchev–Trinajstić information content (AvgIpc) is 2.84. The lowest BCUT2D eigenvalue weighted by atomic mass is 10.0. The van der Waals surface area contributed by atoms with Crippen molar-refractivity contribution in [3.8, 4) is 0 Å². The third-order valence-corrected chi connectivity index (χ3v) is 7.51. The summed E-state index contributed by atoms with van der Waals surface area (Å²) in [6.07, 6.45) is 1.45. The van der Waals surface area contributed by atoms with Crippen LogP contribution in [0.15, 0.2) is 71.6 Å². The number of anilines is 1. The van der Waals surface area contributed by atoms with E-state index in [0.717, 1.165) is 24.5 Å². The molecular weight excluding hydrogens is 472 g/mol. The van der Waals surface area contributed by atoms with Crippen LogP contribution in [-0.2, 0) is 16.6 Å². The summed E-state index contributed by atoms with van der Waals surface area (Å²) < 4.78 is 54.5. The number of halogens is 2. The maximum atomic E-state index is 13.4. The molecule has 0 bridgehead atoms. The Bertz CT molecular complexity index is 1310. The highest BCUT2D eigenvalue weighted by Crippen LogP contribution is 2.20. The summed E-state index contributed by atoms with van der Waals surface area (Å²) in [5, 5.41) is 3.00. The molecule has 2 N–H and O–H groups in total. The third-order valence-electron chi connectivity index (χ3n) is 6.13. The van der Waals surface area contributed by atoms with Gasteiger partial charge in [-0.25, -0.2) is 17.2 Å². The molecule has 0 atom stereocenters. The zero-order valence-corrected chi connectivity index (χ0v) is 20.1. The van der Waals surface area contributed by atoms with Crippen molar-refractivity contribution in [3.63, 3.8) is 0 Å². The van der Waals surface area contributed by atoms with Crippen molar-refractivity contribution in [2.75, 3.05) is 17.8 Å². The predicted molar refractivity (Wildman–Crippen MR) is 131 cm³/mol. The molecule has 3 aromatic rings. The van der Waals surface area contributed by atoms with Crippen LogP contribution in [0.5, 0.6) is 0 Å². The normalized spacial score (nSPS) is 15.1. The molecule has 1 amide bonds. The quantitative estimate of drug-likeness (QED) is 0.503. The van der Waals surface area contributed by atoms with Crippen LogP contribution in [0.3, 0.4) is 0 Å². The number of benzene rings is 3. The van der Waals surface area contributed by atoms with Crippen LogP contribution in [0.2, 0.25) is 0 Å². The van der Waals surface area contributed by atoms with Crippen LogP contribution in [0, 0.1) is 18.6 Å². The summed E-state index contributed by atoms with van der Waals surface area (Å²) >= 11 is 0. The van der Waals surface area contributed by atoms with Crippen LogP contribution >= 0.6 is 0 Å². The maximum absolute atomic E-state index is 13.4. The topological polar surface area (TPSA) is 78.5 Å². The Hall–Kier alpha value is -3.30. The summed E-state index contributed by atoms with van der Waals surface area (Å²) in [7, 11) is -3.77. The highest BCUT2D eigenvalue weighted by atomic mass is 32.2. The minimum atomic E-state index is -3.77. The van der Waals surface area contributed by atoms with E-state index in [1.165, 1.54) is 30.3 Å². The van der Waals surface area contributed by atoms with Gasteiger partial charge in [0.1, 0.15) is 0 Å². The lowest BCUT2D eigenvalue weighted by Crippen LogP contribution is -2.44. The summed E-state index contributed by atoms with van der Waals surface area (Å²) in [5.41, 5.74) is 2.40. The monoisotopic (exact) mass is 499 g/mol. The van der Waals surface area contributed by atoms with Gasteiger partial charge in [0.05, 0.1) is 10.6 Å². The van der Waals surface area contributed by atoms with Crippen LogP contribution in [0.1, 0.15) is 34.3 Å². The van der Waals surface area contributed by atoms with Crippen molar-refractivity contribution in [3.05, 3.63) is 95.1 Å². The fraction of sp³-hybridized carbons (Fsp3) is 0.269. The zero-order valence-electron chi connectivity index (χ0n) is 19.3. The molecule has 4 rings (SSSR count). The molecule has 0 radical (unpaired) electrons. The number of likely N-dealkylation sites (tertiary alicyclic amines) is 1. The van der Waals surface area contributed by atoms with Crippen LogP contribution < -0.4 is 10.0 Å². The predicted octanol–water partition coefficient (Wildman–Crippen LogP) is 4.47. The van der Waals surface area contributed by atoms with E-state index in [1.807, 2.05) is 19.1 Å². The Balaban J connectivity index is 1.30. The molecule has 0 saturated carbocycles. The molecule has 1 heterocycles. The van der Waals surface area contributed by atoms with Crippen molar-refractivity contribution in [2.45, 2.75) is 37.2 Å². The molecular formula is C26H27F2N3O3S. The van der Waals surface area contributed by atoms with E-state index >= 15 is 0 Å². The number of carbonyl (C=O) groups is 1. The maximum Gasteiger partial charge on any atom is 0.261 e. The Kier molecular flexibility index (Phi) is 7.47. The number of amides is 1. The highest BCUT2D eigenvalue weighted by molar-refractivity contribution is 7.92. The molecule has 0 aliphatic carbocycles. The van der Waals surface area contributed by atoms with Gasteiger partial charge in [-0.1, -0.05) is 24.3 Å². The number of nitrogens with zero attached hydrogens (tertiary/aromatic N) is 1. The third kappa shape index (κ3) is 6.23. The van der Waals surface area contributed by atoms with Crippen molar-refractivity contribution in [1.82, 2.24) is 10.2 Å². The van der Waals surface area contributed by atoms with E-state index in [1.54, 1.807) is 18.2 Å². The Morgan fingerprint density at radius 1 is 0.971 bits per heavy atom. The van der Waals surface area contributed by atoms with Gasteiger partial charge in [-0.05, 0) is 73.4 Å². The molecule has 1 saturated heterocycles. The number of hydrogen-bond acceptors (Lipinski definition) is 4. The smallest absolute Gasteiger partial charge is 0.261 e. The Morgan fingerprint density at radius 2 is 1.66 bits per heavy atom. The molecule has 1 aliphatic heterocycles. The number of piperidine rings is 1. The number of carbonyl (C=O) groups excluding carboxylic acids is 1. The fourth-order valence-electron chi connectivity index (χ4n) is 4.08. The van der Waals surface area contributed by atoms with Crippen molar-refractivity contribution in [1.29, 1.82) is 0 Å². The number of para-hydroxylation sites is 1. The summed E-state index contributed by atoms with van der Waals surface area (Å²) in [5.74, 6) is -1.97. The van der Waals surface area contributed by atoms with E-state index < -0.39 is 21.7 Å². The lowest BCUT2D eigenvalue weighted by molar-refractivity contribution is 0.0908. The first-order chi connectivity index (χ1) is 16.7. The van der Waals surface area contributed by atoms with Crippen LogP contribution in [0.25, 0.3) is 0 Å². The van der Waals surface area contributed by atoms with Crippen LogP contribution in [0.4, 0.5) is 14.5 Å². The van der Waals surface area contributed by atoms with E-state index in [0.29, 0.717) is 36.4 Å². The molecule has 0 aromatic heterocycles. The first-order valence-corrected chi connectivity index (χ1v) is 12.9. The number of rotatable bonds is 7. The molecule has 3 aromatic carbocycles. The second kappa shape index (κ2) is 10.5. The summed E-state index contributed by atoms with van der Waals surface area (Å²) in [6, 6.07) is 16.8. The standard InChI is InChI=1S/C26H27F2N3O3S/c1-18-4-2-3-5-25(18)30-35(33,34)22-9-7-20(8-10-22)26(32)29-21-12-14-31(15-13-21)17-19-6-11-23(27)24(28)16-19/h2-11,16,21,30H,12-15,17H2,1H3,(H,29,32). The molecule has 6 nitrogen and oxygen atoms in total. The molecule has 0 unspecified atom stereocenters.